The van der Waals surface area contributed by atoms with Crippen molar-refractivity contribution in [2.24, 2.45) is 11.8 Å². The maximum absolute atomic E-state index is 11.9. The van der Waals surface area contributed by atoms with E-state index in [1.165, 1.54) is 6.08 Å². The van der Waals surface area contributed by atoms with Crippen LogP contribution < -0.4 is 0 Å². The summed E-state index contributed by atoms with van der Waals surface area (Å²) in [7, 11) is 0. The van der Waals surface area contributed by atoms with Gasteiger partial charge in [0, 0.05) is 31.3 Å². The first-order chi connectivity index (χ1) is 11.0. The zero-order valence-corrected chi connectivity index (χ0v) is 14.2. The van der Waals surface area contributed by atoms with Gasteiger partial charge in [-0.2, -0.15) is 0 Å². The molecule has 0 saturated heterocycles. The molecule has 1 aliphatic rings. The molecular weight excluding hydrogens is 296 g/mol. The van der Waals surface area contributed by atoms with E-state index in [4.69, 9.17) is 4.74 Å². The lowest BCUT2D eigenvalue weighted by Gasteiger charge is -2.20. The summed E-state index contributed by atoms with van der Waals surface area (Å²) in [4.78, 5) is 23.3. The smallest absolute Gasteiger partial charge is 0.330 e. The first kappa shape index (κ1) is 19.8. The van der Waals surface area contributed by atoms with Gasteiger partial charge < -0.3 is 14.9 Å². The number of hydrogen-bond acceptors (Lipinski definition) is 5. The van der Waals surface area contributed by atoms with Crippen LogP contribution in [0, 0.1) is 11.8 Å². The summed E-state index contributed by atoms with van der Waals surface area (Å²) in [6.07, 6.45) is 6.50. The molecule has 5 heteroatoms. The van der Waals surface area contributed by atoms with Crippen LogP contribution in [0.15, 0.2) is 12.2 Å². The molecule has 4 atom stereocenters. The maximum Gasteiger partial charge on any atom is 0.330 e. The molecule has 23 heavy (non-hydrogen) atoms. The monoisotopic (exact) mass is 326 g/mol. The third-order valence-electron chi connectivity index (χ3n) is 4.47. The van der Waals surface area contributed by atoms with Crippen LogP contribution in [0.2, 0.25) is 0 Å². The highest BCUT2D eigenvalue weighted by molar-refractivity contribution is 5.82. The van der Waals surface area contributed by atoms with Crippen molar-refractivity contribution in [3.8, 4) is 0 Å². The number of rotatable bonds is 10. The zero-order valence-electron chi connectivity index (χ0n) is 14.2. The van der Waals surface area contributed by atoms with Gasteiger partial charge in [0.1, 0.15) is 5.78 Å². The summed E-state index contributed by atoms with van der Waals surface area (Å²) in [6, 6.07) is 0. The lowest BCUT2D eigenvalue weighted by atomic mass is 9.88. The standard InChI is InChI=1S/C18H30O5/c1-3-5-6-7-13(19)8-9-14-15(17(21)12-16(14)20)10-11-18(22)23-4-2/h10-11,14-17,20-21H,3-9,12H2,1-2H3/t14-,15+,16-,17+/m1/s1. The van der Waals surface area contributed by atoms with Crippen LogP contribution in [-0.2, 0) is 14.3 Å². The molecule has 0 spiro atoms. The molecule has 132 valence electrons. The number of Topliss-reactive ketones (excluding diaryl/α,β-unsaturated/α-hetero) is 1. The molecule has 0 aliphatic heterocycles. The summed E-state index contributed by atoms with van der Waals surface area (Å²) < 4.78 is 4.83. The Hall–Kier alpha value is -1.20. The van der Waals surface area contributed by atoms with Crippen LogP contribution in [0.25, 0.3) is 0 Å². The van der Waals surface area contributed by atoms with E-state index in [-0.39, 0.29) is 24.0 Å². The van der Waals surface area contributed by atoms with E-state index in [2.05, 4.69) is 6.92 Å². The molecule has 0 unspecified atom stereocenters. The topological polar surface area (TPSA) is 83.8 Å². The molecule has 2 N–H and O–H groups in total. The molecule has 1 saturated carbocycles. The van der Waals surface area contributed by atoms with E-state index in [9.17, 15) is 19.8 Å². The van der Waals surface area contributed by atoms with Crippen molar-refractivity contribution in [3.63, 3.8) is 0 Å². The fourth-order valence-corrected chi connectivity index (χ4v) is 3.18. The Bertz CT molecular complexity index is 404. The van der Waals surface area contributed by atoms with Crippen molar-refractivity contribution in [2.45, 2.75) is 71.0 Å². The van der Waals surface area contributed by atoms with E-state index in [1.807, 2.05) is 0 Å². The molecule has 1 rings (SSSR count). The number of aliphatic hydroxyl groups is 2. The minimum absolute atomic E-state index is 0.189. The minimum atomic E-state index is -0.684. The van der Waals surface area contributed by atoms with Crippen molar-refractivity contribution >= 4 is 11.8 Å². The average molecular weight is 326 g/mol. The normalized spacial score (nSPS) is 27.5. The maximum atomic E-state index is 11.9. The van der Waals surface area contributed by atoms with Gasteiger partial charge >= 0.3 is 5.97 Å². The summed E-state index contributed by atoms with van der Waals surface area (Å²) >= 11 is 0. The van der Waals surface area contributed by atoms with Crippen LogP contribution in [0.4, 0.5) is 0 Å². The summed E-state index contributed by atoms with van der Waals surface area (Å²) in [5.41, 5.74) is 0. The second-order valence-corrected chi connectivity index (χ2v) is 6.26. The Morgan fingerprint density at radius 2 is 1.87 bits per heavy atom. The number of carbonyl (C=O) groups excluding carboxylic acids is 2. The highest BCUT2D eigenvalue weighted by Gasteiger charge is 2.40. The van der Waals surface area contributed by atoms with Gasteiger partial charge in [0.15, 0.2) is 0 Å². The first-order valence-corrected chi connectivity index (χ1v) is 8.72. The third kappa shape index (κ3) is 6.83. The van der Waals surface area contributed by atoms with Crippen molar-refractivity contribution in [1.29, 1.82) is 0 Å². The van der Waals surface area contributed by atoms with Crippen molar-refractivity contribution in [2.75, 3.05) is 6.61 Å². The second-order valence-electron chi connectivity index (χ2n) is 6.26. The highest BCUT2D eigenvalue weighted by Crippen LogP contribution is 2.36. The summed E-state index contributed by atoms with van der Waals surface area (Å²) in [5.74, 6) is -0.737. The Kier molecular flexibility index (Phi) is 9.10. The number of ketones is 1. The largest absolute Gasteiger partial charge is 0.463 e. The van der Waals surface area contributed by atoms with E-state index >= 15 is 0 Å². The van der Waals surface area contributed by atoms with E-state index in [0.29, 0.717) is 25.9 Å². The number of ether oxygens (including phenoxy) is 1. The van der Waals surface area contributed by atoms with Crippen LogP contribution in [0.3, 0.4) is 0 Å². The number of carbonyl (C=O) groups is 2. The molecule has 1 fully saturated rings. The molecule has 0 bridgehead atoms. The van der Waals surface area contributed by atoms with Crippen molar-refractivity contribution in [1.82, 2.24) is 0 Å². The van der Waals surface area contributed by atoms with Crippen molar-refractivity contribution in [3.05, 3.63) is 12.2 Å². The summed E-state index contributed by atoms with van der Waals surface area (Å²) in [6.45, 7) is 4.13. The van der Waals surface area contributed by atoms with E-state index in [1.54, 1.807) is 13.0 Å². The molecule has 1 aliphatic carbocycles. The third-order valence-corrected chi connectivity index (χ3v) is 4.47. The Balaban J connectivity index is 2.52. The molecule has 0 amide bonds. The molecule has 5 nitrogen and oxygen atoms in total. The predicted octanol–water partition coefficient (Wildman–Crippen LogP) is 2.39. The number of esters is 1. The molecule has 0 aromatic heterocycles. The molecular formula is C18H30O5. The zero-order chi connectivity index (χ0) is 17.2. The van der Waals surface area contributed by atoms with Crippen LogP contribution in [-0.4, -0.2) is 40.8 Å². The van der Waals surface area contributed by atoms with Gasteiger partial charge in [-0.15, -0.1) is 0 Å². The van der Waals surface area contributed by atoms with Gasteiger partial charge in [0.05, 0.1) is 18.8 Å². The van der Waals surface area contributed by atoms with Gasteiger partial charge in [0.2, 0.25) is 0 Å². The first-order valence-electron chi connectivity index (χ1n) is 8.72. The predicted molar refractivity (Wildman–Crippen MR) is 87.8 cm³/mol. The Labute approximate surface area is 138 Å². The highest BCUT2D eigenvalue weighted by atomic mass is 16.5. The number of unbranched alkanes of at least 4 members (excludes halogenated alkanes) is 2. The van der Waals surface area contributed by atoms with Gasteiger partial charge in [-0.05, 0) is 25.7 Å². The van der Waals surface area contributed by atoms with E-state index in [0.717, 1.165) is 19.3 Å². The quantitative estimate of drug-likeness (QED) is 0.366. The lowest BCUT2D eigenvalue weighted by molar-refractivity contribution is -0.137. The molecule has 0 aromatic rings. The van der Waals surface area contributed by atoms with Gasteiger partial charge in [-0.1, -0.05) is 25.8 Å². The molecule has 0 radical (unpaired) electrons. The van der Waals surface area contributed by atoms with Crippen LogP contribution >= 0.6 is 0 Å². The Morgan fingerprint density at radius 1 is 1.13 bits per heavy atom. The number of aliphatic hydroxyl groups excluding tert-OH is 2. The fraction of sp³-hybridized carbons (Fsp3) is 0.778. The lowest BCUT2D eigenvalue weighted by Crippen LogP contribution is -2.22. The molecule has 0 aromatic carbocycles. The SMILES string of the molecule is CCCCCC(=O)CC[C@@H]1[C@H](C=CC(=O)OCC)[C@@H](O)C[C@H]1O. The summed E-state index contributed by atoms with van der Waals surface area (Å²) in [5, 5.41) is 20.2. The second kappa shape index (κ2) is 10.6. The van der Waals surface area contributed by atoms with Crippen LogP contribution in [0.5, 0.6) is 0 Å². The van der Waals surface area contributed by atoms with Crippen molar-refractivity contribution < 1.29 is 24.5 Å². The number of hydrogen-bond donors (Lipinski definition) is 2. The van der Waals surface area contributed by atoms with Gasteiger partial charge in [-0.3, -0.25) is 4.79 Å². The minimum Gasteiger partial charge on any atom is -0.463 e. The average Bonchev–Trinajstić information content (AvgIpc) is 2.77. The van der Waals surface area contributed by atoms with Crippen LogP contribution in [0.1, 0.15) is 58.8 Å². The Morgan fingerprint density at radius 3 is 2.52 bits per heavy atom. The van der Waals surface area contributed by atoms with Gasteiger partial charge in [-0.25, -0.2) is 4.79 Å². The fourth-order valence-electron chi connectivity index (χ4n) is 3.18. The van der Waals surface area contributed by atoms with E-state index < -0.39 is 18.2 Å². The van der Waals surface area contributed by atoms with Gasteiger partial charge in [0.25, 0.3) is 0 Å². The molecule has 0 heterocycles.